The summed E-state index contributed by atoms with van der Waals surface area (Å²) in [4.78, 5) is 0. The number of hydrogen-bond donors (Lipinski definition) is 0. The second-order valence-electron chi connectivity index (χ2n) is 5.01. The van der Waals surface area contributed by atoms with Gasteiger partial charge in [0.25, 0.3) is 0 Å². The first-order valence-corrected chi connectivity index (χ1v) is 5.74. The molecule has 0 saturated heterocycles. The summed E-state index contributed by atoms with van der Waals surface area (Å²) in [5.41, 5.74) is 0. The van der Waals surface area contributed by atoms with Crippen LogP contribution in [-0.4, -0.2) is 24.7 Å². The summed E-state index contributed by atoms with van der Waals surface area (Å²) < 4.78 is 152. The molecule has 0 aliphatic heterocycles. The smallest absolute Gasteiger partial charge is 0.171 e. The molecule has 132 valence electrons. The van der Waals surface area contributed by atoms with Crippen LogP contribution in [0.2, 0.25) is 0 Å². The average Bonchev–Trinajstić information content (AvgIpc) is 2.22. The van der Waals surface area contributed by atoms with Crippen molar-refractivity contribution >= 4 is 0 Å². The lowest BCUT2D eigenvalue weighted by molar-refractivity contribution is -0.346. The van der Waals surface area contributed by atoms with Gasteiger partial charge in [-0.1, -0.05) is 0 Å². The molecule has 0 radical (unpaired) electrons. The Balaban J connectivity index is 3.43. The predicted octanol–water partition coefficient (Wildman–Crippen LogP) is 5.49. The van der Waals surface area contributed by atoms with Crippen LogP contribution in [0.4, 0.5) is 52.7 Å². The zero-order valence-electron chi connectivity index (χ0n) is 10.3. The monoisotopic (exact) mass is 356 g/mol. The van der Waals surface area contributed by atoms with E-state index in [1.165, 1.54) is 0 Å². The molecule has 0 heterocycles. The molecule has 0 aromatic rings. The molecule has 0 nitrogen and oxygen atoms in total. The van der Waals surface area contributed by atoms with E-state index >= 15 is 0 Å². The van der Waals surface area contributed by atoms with E-state index in [-0.39, 0.29) is 0 Å². The number of halogens is 12. The molecule has 0 N–H and O–H groups in total. The van der Waals surface area contributed by atoms with Gasteiger partial charge in [0.2, 0.25) is 0 Å². The first kappa shape index (κ1) is 19.2. The molecule has 1 rings (SSSR count). The van der Waals surface area contributed by atoms with Crippen molar-refractivity contribution in [3.63, 3.8) is 0 Å². The van der Waals surface area contributed by atoms with E-state index in [1.807, 2.05) is 0 Å². The van der Waals surface area contributed by atoms with Gasteiger partial charge in [0, 0.05) is 0 Å². The summed E-state index contributed by atoms with van der Waals surface area (Å²) in [5, 5.41) is 0. The molecule has 1 saturated carbocycles. The molecule has 0 amide bonds. The maximum absolute atomic E-state index is 12.7. The van der Waals surface area contributed by atoms with E-state index in [0.29, 0.717) is 0 Å². The summed E-state index contributed by atoms with van der Waals surface area (Å²) in [6.07, 6.45) is -26.8. The quantitative estimate of drug-likeness (QED) is 0.503. The Kier molecular flexibility index (Phi) is 4.68. The van der Waals surface area contributed by atoms with Crippen LogP contribution in [0.1, 0.15) is 12.8 Å². The van der Waals surface area contributed by atoms with Crippen molar-refractivity contribution in [2.75, 3.05) is 0 Å². The molecule has 1 fully saturated rings. The van der Waals surface area contributed by atoms with Crippen molar-refractivity contribution in [1.29, 1.82) is 0 Å². The standard InChI is InChI=1S/C10H8F12/c11-7(12,13)3-1-2-4(8(14,15)16)6(10(20,21)22)5(3)9(17,18)19/h3-6H,1-2H2. The minimum atomic E-state index is -6.07. The van der Waals surface area contributed by atoms with Crippen molar-refractivity contribution in [3.8, 4) is 0 Å². The van der Waals surface area contributed by atoms with E-state index in [4.69, 9.17) is 0 Å². The highest BCUT2D eigenvalue weighted by Crippen LogP contribution is 2.59. The van der Waals surface area contributed by atoms with E-state index < -0.39 is 61.2 Å². The fourth-order valence-electron chi connectivity index (χ4n) is 2.82. The second-order valence-corrected chi connectivity index (χ2v) is 5.01. The zero-order chi connectivity index (χ0) is 17.7. The molecule has 1 aliphatic rings. The minimum absolute atomic E-state index is 1.66. The Hall–Kier alpha value is -0.840. The number of hydrogen-bond acceptors (Lipinski definition) is 0. The van der Waals surface area contributed by atoms with Crippen molar-refractivity contribution in [1.82, 2.24) is 0 Å². The normalized spacial score (nSPS) is 32.2. The van der Waals surface area contributed by atoms with Crippen molar-refractivity contribution in [3.05, 3.63) is 0 Å². The van der Waals surface area contributed by atoms with Gasteiger partial charge in [0.05, 0.1) is 23.7 Å². The molecule has 22 heavy (non-hydrogen) atoms. The minimum Gasteiger partial charge on any atom is -0.171 e. The van der Waals surface area contributed by atoms with Gasteiger partial charge in [-0.25, -0.2) is 0 Å². The molecule has 4 atom stereocenters. The molecular formula is C10H8F12. The second kappa shape index (κ2) is 5.36. The highest BCUT2D eigenvalue weighted by molar-refractivity contribution is 4.98. The van der Waals surface area contributed by atoms with Gasteiger partial charge in [-0.05, 0) is 12.8 Å². The van der Waals surface area contributed by atoms with Gasteiger partial charge in [0.15, 0.2) is 0 Å². The fourth-order valence-corrected chi connectivity index (χ4v) is 2.82. The lowest BCUT2D eigenvalue weighted by Crippen LogP contribution is -2.56. The van der Waals surface area contributed by atoms with Crippen molar-refractivity contribution < 1.29 is 52.7 Å². The van der Waals surface area contributed by atoms with Crippen LogP contribution in [-0.2, 0) is 0 Å². The van der Waals surface area contributed by atoms with Gasteiger partial charge >= 0.3 is 24.7 Å². The Morgan fingerprint density at radius 3 is 0.773 bits per heavy atom. The third-order valence-electron chi connectivity index (χ3n) is 3.64. The lowest BCUT2D eigenvalue weighted by Gasteiger charge is -2.45. The summed E-state index contributed by atoms with van der Waals surface area (Å²) in [6.45, 7) is 0. The van der Waals surface area contributed by atoms with Gasteiger partial charge in [-0.15, -0.1) is 0 Å². The summed E-state index contributed by atoms with van der Waals surface area (Å²) >= 11 is 0. The van der Waals surface area contributed by atoms with E-state index in [1.54, 1.807) is 0 Å². The molecule has 12 heteroatoms. The van der Waals surface area contributed by atoms with Crippen molar-refractivity contribution in [2.24, 2.45) is 23.7 Å². The summed E-state index contributed by atoms with van der Waals surface area (Å²) in [5.74, 6) is -15.4. The topological polar surface area (TPSA) is 0 Å². The number of rotatable bonds is 0. The van der Waals surface area contributed by atoms with Crippen LogP contribution in [0, 0.1) is 23.7 Å². The molecular weight excluding hydrogens is 348 g/mol. The first-order valence-electron chi connectivity index (χ1n) is 5.74. The van der Waals surface area contributed by atoms with E-state index in [2.05, 4.69) is 0 Å². The van der Waals surface area contributed by atoms with Crippen LogP contribution in [0.25, 0.3) is 0 Å². The third kappa shape index (κ3) is 3.92. The Bertz CT molecular complexity index is 345. The lowest BCUT2D eigenvalue weighted by atomic mass is 9.65. The highest BCUT2D eigenvalue weighted by Gasteiger charge is 2.70. The summed E-state index contributed by atoms with van der Waals surface area (Å²) in [6, 6.07) is 0. The molecule has 0 aromatic heterocycles. The fraction of sp³-hybridized carbons (Fsp3) is 1.00. The van der Waals surface area contributed by atoms with Crippen molar-refractivity contribution in [2.45, 2.75) is 37.5 Å². The molecule has 0 spiro atoms. The van der Waals surface area contributed by atoms with E-state index in [9.17, 15) is 52.7 Å². The van der Waals surface area contributed by atoms with Gasteiger partial charge in [-0.3, -0.25) is 0 Å². The maximum Gasteiger partial charge on any atom is 0.393 e. The van der Waals surface area contributed by atoms with Crippen LogP contribution >= 0.6 is 0 Å². The molecule has 4 unspecified atom stereocenters. The van der Waals surface area contributed by atoms with Crippen LogP contribution in [0.5, 0.6) is 0 Å². The predicted molar refractivity (Wildman–Crippen MR) is 47.4 cm³/mol. The zero-order valence-corrected chi connectivity index (χ0v) is 10.3. The maximum atomic E-state index is 12.7. The molecule has 1 aliphatic carbocycles. The van der Waals surface area contributed by atoms with Gasteiger partial charge < -0.3 is 0 Å². The Morgan fingerprint density at radius 1 is 0.409 bits per heavy atom. The van der Waals surface area contributed by atoms with Crippen LogP contribution in [0.3, 0.4) is 0 Å². The highest BCUT2D eigenvalue weighted by atomic mass is 19.4. The van der Waals surface area contributed by atoms with E-state index in [0.717, 1.165) is 0 Å². The molecule has 0 bridgehead atoms. The van der Waals surface area contributed by atoms with Gasteiger partial charge in [-0.2, -0.15) is 52.7 Å². The Morgan fingerprint density at radius 2 is 0.636 bits per heavy atom. The average molecular weight is 356 g/mol. The molecule has 0 aromatic carbocycles. The van der Waals surface area contributed by atoms with Crippen LogP contribution < -0.4 is 0 Å². The largest absolute Gasteiger partial charge is 0.393 e. The Labute approximate surface area is 115 Å². The SMILES string of the molecule is FC(F)(F)C1CCC(C(F)(F)F)C(C(F)(F)F)C1C(F)(F)F. The summed E-state index contributed by atoms with van der Waals surface area (Å²) in [7, 11) is 0. The van der Waals surface area contributed by atoms with Crippen LogP contribution in [0.15, 0.2) is 0 Å². The first-order chi connectivity index (χ1) is 9.47. The van der Waals surface area contributed by atoms with Gasteiger partial charge in [0.1, 0.15) is 0 Å². The third-order valence-corrected chi connectivity index (χ3v) is 3.64. The number of alkyl halides is 12.